The van der Waals surface area contributed by atoms with E-state index in [4.69, 9.17) is 0 Å². The number of rotatable bonds is 5. The van der Waals surface area contributed by atoms with Crippen LogP contribution in [0.15, 0.2) is 18.5 Å². The number of unbranched alkanes of at least 4 members (excludes halogenated alkanes) is 1. The highest BCUT2D eigenvalue weighted by molar-refractivity contribution is 5.82. The van der Waals surface area contributed by atoms with Gasteiger partial charge in [0.25, 0.3) is 0 Å². The molecule has 0 spiro atoms. The fraction of sp³-hybridized carbons (Fsp3) is 0.562. The molecule has 1 heterocycles. The van der Waals surface area contributed by atoms with Crippen molar-refractivity contribution in [3.05, 3.63) is 29.9 Å². The Morgan fingerprint density at radius 1 is 1.37 bits per heavy atom. The van der Waals surface area contributed by atoms with E-state index in [1.165, 1.54) is 5.57 Å². The Kier molecular flexibility index (Phi) is 4.83. The quantitative estimate of drug-likeness (QED) is 0.808. The van der Waals surface area contributed by atoms with E-state index in [1.807, 2.05) is 6.92 Å². The van der Waals surface area contributed by atoms with Crippen molar-refractivity contribution in [1.82, 2.24) is 9.97 Å². The van der Waals surface area contributed by atoms with Gasteiger partial charge in [0, 0.05) is 24.7 Å². The highest BCUT2D eigenvalue weighted by Crippen LogP contribution is 2.31. The first-order valence-corrected chi connectivity index (χ1v) is 7.22. The first-order valence-electron chi connectivity index (χ1n) is 7.22. The Labute approximate surface area is 115 Å². The van der Waals surface area contributed by atoms with E-state index in [9.17, 15) is 4.79 Å². The maximum absolute atomic E-state index is 12.0. The zero-order valence-electron chi connectivity index (χ0n) is 11.9. The summed E-state index contributed by atoms with van der Waals surface area (Å²) in [5.74, 6) is 0.667. The van der Waals surface area contributed by atoms with Crippen molar-refractivity contribution in [2.75, 3.05) is 0 Å². The van der Waals surface area contributed by atoms with Gasteiger partial charge < -0.3 is 0 Å². The first kappa shape index (κ1) is 13.9. The number of aryl methyl sites for hydroxylation is 1. The van der Waals surface area contributed by atoms with Crippen LogP contribution in [0.2, 0.25) is 0 Å². The van der Waals surface area contributed by atoms with Crippen molar-refractivity contribution >= 4 is 11.4 Å². The molecule has 1 unspecified atom stereocenters. The van der Waals surface area contributed by atoms with Gasteiger partial charge in [-0.25, -0.2) is 0 Å². The molecule has 0 amide bonds. The topological polar surface area (TPSA) is 42.9 Å². The molecule has 1 aromatic heterocycles. The average molecular weight is 258 g/mol. The number of ketones is 1. The van der Waals surface area contributed by atoms with E-state index in [2.05, 4.69) is 23.0 Å². The van der Waals surface area contributed by atoms with E-state index in [0.29, 0.717) is 5.78 Å². The Bertz CT molecular complexity index is 479. The molecule has 1 atom stereocenters. The lowest BCUT2D eigenvalue weighted by Crippen LogP contribution is -2.17. The maximum atomic E-state index is 12.0. The van der Waals surface area contributed by atoms with Crippen molar-refractivity contribution in [1.29, 1.82) is 0 Å². The lowest BCUT2D eigenvalue weighted by molar-refractivity contribution is -0.123. The molecule has 2 rings (SSSR count). The molecule has 0 saturated heterocycles. The third-order valence-corrected chi connectivity index (χ3v) is 3.83. The lowest BCUT2D eigenvalue weighted by Gasteiger charge is -2.21. The number of nitrogens with zero attached hydrogens (tertiary/aromatic N) is 2. The summed E-state index contributed by atoms with van der Waals surface area (Å²) in [5.41, 5.74) is 3.23. The number of hydrogen-bond donors (Lipinski definition) is 0. The van der Waals surface area contributed by atoms with Gasteiger partial charge in [-0.3, -0.25) is 14.8 Å². The van der Waals surface area contributed by atoms with Crippen LogP contribution in [-0.4, -0.2) is 15.8 Å². The van der Waals surface area contributed by atoms with Crippen molar-refractivity contribution in [3.8, 4) is 0 Å². The van der Waals surface area contributed by atoms with Crippen LogP contribution in [0.4, 0.5) is 0 Å². The molecule has 0 bridgehead atoms. The number of aromatic nitrogens is 2. The van der Waals surface area contributed by atoms with Gasteiger partial charge >= 0.3 is 0 Å². The molecule has 3 nitrogen and oxygen atoms in total. The minimum absolute atomic E-state index is 0.229. The molecule has 0 fully saturated rings. The van der Waals surface area contributed by atoms with Crippen LogP contribution in [0.25, 0.3) is 5.57 Å². The third-order valence-electron chi connectivity index (χ3n) is 3.83. The summed E-state index contributed by atoms with van der Waals surface area (Å²) < 4.78 is 0. The first-order chi connectivity index (χ1) is 9.22. The van der Waals surface area contributed by atoms with Gasteiger partial charge in [0.2, 0.25) is 0 Å². The summed E-state index contributed by atoms with van der Waals surface area (Å²) in [4.78, 5) is 20.7. The predicted octanol–water partition coefficient (Wildman–Crippen LogP) is 3.73. The molecule has 1 aliphatic carbocycles. The number of hydrogen-bond acceptors (Lipinski definition) is 3. The van der Waals surface area contributed by atoms with Crippen LogP contribution in [0, 0.1) is 12.8 Å². The lowest BCUT2D eigenvalue weighted by atomic mass is 9.84. The van der Waals surface area contributed by atoms with Crippen LogP contribution < -0.4 is 0 Å². The van der Waals surface area contributed by atoms with Crippen LogP contribution in [0.5, 0.6) is 0 Å². The van der Waals surface area contributed by atoms with E-state index in [1.54, 1.807) is 12.4 Å². The van der Waals surface area contributed by atoms with Gasteiger partial charge in [-0.2, -0.15) is 0 Å². The van der Waals surface area contributed by atoms with Crippen molar-refractivity contribution in [2.45, 2.75) is 52.4 Å². The third kappa shape index (κ3) is 3.49. The SMILES string of the molecule is CCCCC(=O)C1CC=C(c2nccnc2C)CC1. The second-order valence-corrected chi connectivity index (χ2v) is 5.26. The highest BCUT2D eigenvalue weighted by Gasteiger charge is 2.22. The minimum atomic E-state index is 0.229. The highest BCUT2D eigenvalue weighted by atomic mass is 16.1. The average Bonchev–Trinajstić information content (AvgIpc) is 2.45. The van der Waals surface area contributed by atoms with Crippen molar-refractivity contribution in [2.24, 2.45) is 5.92 Å². The van der Waals surface area contributed by atoms with Gasteiger partial charge in [0.15, 0.2) is 0 Å². The van der Waals surface area contributed by atoms with Crippen LogP contribution in [-0.2, 0) is 4.79 Å². The van der Waals surface area contributed by atoms with Gasteiger partial charge in [0.05, 0.1) is 11.4 Å². The molecule has 1 aromatic rings. The van der Waals surface area contributed by atoms with Crippen molar-refractivity contribution < 1.29 is 4.79 Å². The second kappa shape index (κ2) is 6.60. The van der Waals surface area contributed by atoms with Gasteiger partial charge in [-0.1, -0.05) is 19.4 Å². The molecular formula is C16H22N2O. The Morgan fingerprint density at radius 2 is 2.16 bits per heavy atom. The van der Waals surface area contributed by atoms with E-state index in [0.717, 1.165) is 49.9 Å². The van der Waals surface area contributed by atoms with Crippen LogP contribution in [0.3, 0.4) is 0 Å². The molecular weight excluding hydrogens is 236 g/mol. The van der Waals surface area contributed by atoms with Crippen LogP contribution in [0.1, 0.15) is 56.8 Å². The molecule has 0 aromatic carbocycles. The molecule has 0 saturated carbocycles. The largest absolute Gasteiger partial charge is 0.299 e. The Balaban J connectivity index is 2.00. The number of carbonyl (C=O) groups is 1. The smallest absolute Gasteiger partial charge is 0.136 e. The summed E-state index contributed by atoms with van der Waals surface area (Å²) in [6.07, 6.45) is 11.3. The summed E-state index contributed by atoms with van der Waals surface area (Å²) >= 11 is 0. The van der Waals surface area contributed by atoms with Gasteiger partial charge in [-0.05, 0) is 38.2 Å². The molecule has 102 valence electrons. The molecule has 0 N–H and O–H groups in total. The zero-order valence-corrected chi connectivity index (χ0v) is 11.9. The normalized spacial score (nSPS) is 19.1. The van der Waals surface area contributed by atoms with Crippen LogP contribution >= 0.6 is 0 Å². The standard InChI is InChI=1S/C16H22N2O/c1-3-4-5-15(19)13-6-8-14(9-7-13)16-12(2)17-10-11-18-16/h8,10-11,13H,3-7,9H2,1-2H3. The van der Waals surface area contributed by atoms with E-state index in [-0.39, 0.29) is 5.92 Å². The van der Waals surface area contributed by atoms with Crippen molar-refractivity contribution in [3.63, 3.8) is 0 Å². The second-order valence-electron chi connectivity index (χ2n) is 5.26. The Hall–Kier alpha value is -1.51. The molecule has 0 aliphatic heterocycles. The summed E-state index contributed by atoms with van der Waals surface area (Å²) in [5, 5.41) is 0. The minimum Gasteiger partial charge on any atom is -0.299 e. The Morgan fingerprint density at radius 3 is 2.79 bits per heavy atom. The maximum Gasteiger partial charge on any atom is 0.136 e. The summed E-state index contributed by atoms with van der Waals surface area (Å²) in [6, 6.07) is 0. The predicted molar refractivity (Wildman–Crippen MR) is 76.6 cm³/mol. The molecule has 19 heavy (non-hydrogen) atoms. The fourth-order valence-corrected chi connectivity index (χ4v) is 2.62. The van der Waals surface area contributed by atoms with E-state index < -0.39 is 0 Å². The molecule has 0 radical (unpaired) electrons. The number of allylic oxidation sites excluding steroid dienone is 2. The fourth-order valence-electron chi connectivity index (χ4n) is 2.62. The monoisotopic (exact) mass is 258 g/mol. The zero-order chi connectivity index (χ0) is 13.7. The summed E-state index contributed by atoms with van der Waals surface area (Å²) in [6.45, 7) is 4.12. The number of carbonyl (C=O) groups excluding carboxylic acids is 1. The van der Waals surface area contributed by atoms with Gasteiger partial charge in [0.1, 0.15) is 5.78 Å². The van der Waals surface area contributed by atoms with Gasteiger partial charge in [-0.15, -0.1) is 0 Å². The number of Topliss-reactive ketones (excluding diaryl/α,β-unsaturated/α-hetero) is 1. The molecule has 3 heteroatoms. The van der Waals surface area contributed by atoms with E-state index >= 15 is 0 Å². The summed E-state index contributed by atoms with van der Waals surface area (Å²) in [7, 11) is 0. The molecule has 1 aliphatic rings.